The first-order chi connectivity index (χ1) is 13.3. The number of nitrogens with one attached hydrogen (secondary N) is 1. The first kappa shape index (κ1) is 20.2. The third-order valence-electron chi connectivity index (χ3n) is 5.09. The van der Waals surface area contributed by atoms with Crippen molar-refractivity contribution < 1.29 is 13.6 Å². The SMILES string of the molecule is CC(C)CCC(=O)Nc1c(-c2cc(F)ccc2F)ccnc1N1CC[C@H](C)C1. The van der Waals surface area contributed by atoms with E-state index >= 15 is 0 Å². The van der Waals surface area contributed by atoms with Gasteiger partial charge in [0.15, 0.2) is 5.82 Å². The summed E-state index contributed by atoms with van der Waals surface area (Å²) in [6.07, 6.45) is 3.74. The van der Waals surface area contributed by atoms with Gasteiger partial charge in [0.05, 0.1) is 5.69 Å². The van der Waals surface area contributed by atoms with E-state index in [0.717, 1.165) is 44.1 Å². The highest BCUT2D eigenvalue weighted by Gasteiger charge is 2.25. The van der Waals surface area contributed by atoms with Crippen LogP contribution in [-0.2, 0) is 4.79 Å². The maximum Gasteiger partial charge on any atom is 0.224 e. The number of anilines is 2. The first-order valence-corrected chi connectivity index (χ1v) is 9.84. The lowest BCUT2D eigenvalue weighted by molar-refractivity contribution is -0.116. The lowest BCUT2D eigenvalue weighted by atomic mass is 10.0. The summed E-state index contributed by atoms with van der Waals surface area (Å²) in [7, 11) is 0. The molecule has 1 saturated heterocycles. The van der Waals surface area contributed by atoms with Gasteiger partial charge in [-0.15, -0.1) is 0 Å². The van der Waals surface area contributed by atoms with Gasteiger partial charge in [0, 0.05) is 36.8 Å². The number of nitrogens with zero attached hydrogens (tertiary/aromatic N) is 2. The zero-order chi connectivity index (χ0) is 20.3. The Kier molecular flexibility index (Phi) is 6.27. The molecule has 1 atom stereocenters. The average Bonchev–Trinajstić information content (AvgIpc) is 3.08. The summed E-state index contributed by atoms with van der Waals surface area (Å²) in [6.45, 7) is 7.91. The van der Waals surface area contributed by atoms with Crippen molar-refractivity contribution in [1.82, 2.24) is 4.98 Å². The summed E-state index contributed by atoms with van der Waals surface area (Å²) >= 11 is 0. The highest BCUT2D eigenvalue weighted by molar-refractivity contribution is 5.99. The molecule has 1 aromatic carbocycles. The Bertz CT molecular complexity index is 854. The minimum Gasteiger partial charge on any atom is -0.355 e. The number of hydrogen-bond donors (Lipinski definition) is 1. The second-order valence-corrected chi connectivity index (χ2v) is 8.00. The Morgan fingerprint density at radius 2 is 2.07 bits per heavy atom. The molecule has 4 nitrogen and oxygen atoms in total. The van der Waals surface area contributed by atoms with E-state index in [4.69, 9.17) is 0 Å². The highest BCUT2D eigenvalue weighted by atomic mass is 19.1. The third-order valence-corrected chi connectivity index (χ3v) is 5.09. The number of amides is 1. The van der Waals surface area contributed by atoms with Crippen molar-refractivity contribution in [2.75, 3.05) is 23.3 Å². The molecule has 0 aliphatic carbocycles. The molecule has 2 heterocycles. The van der Waals surface area contributed by atoms with Crippen LogP contribution in [-0.4, -0.2) is 24.0 Å². The molecule has 0 saturated carbocycles. The molecular weight excluding hydrogens is 360 g/mol. The molecular formula is C22H27F2N3O. The molecule has 3 rings (SSSR count). The van der Waals surface area contributed by atoms with E-state index in [2.05, 4.69) is 36.0 Å². The minimum absolute atomic E-state index is 0.120. The number of halogens is 2. The van der Waals surface area contributed by atoms with Crippen molar-refractivity contribution >= 4 is 17.4 Å². The molecule has 1 aliphatic heterocycles. The molecule has 2 aromatic rings. The van der Waals surface area contributed by atoms with Gasteiger partial charge in [-0.1, -0.05) is 20.8 Å². The fourth-order valence-electron chi connectivity index (χ4n) is 3.49. The van der Waals surface area contributed by atoms with Crippen LogP contribution in [0.15, 0.2) is 30.5 Å². The van der Waals surface area contributed by atoms with Crippen LogP contribution >= 0.6 is 0 Å². The molecule has 0 unspecified atom stereocenters. The maximum atomic E-state index is 14.5. The van der Waals surface area contributed by atoms with Crippen LogP contribution in [0.4, 0.5) is 20.3 Å². The molecule has 0 bridgehead atoms. The van der Waals surface area contributed by atoms with Crippen LogP contribution in [0.3, 0.4) is 0 Å². The zero-order valence-electron chi connectivity index (χ0n) is 16.6. The summed E-state index contributed by atoms with van der Waals surface area (Å²) in [4.78, 5) is 19.1. The fourth-order valence-corrected chi connectivity index (χ4v) is 3.49. The van der Waals surface area contributed by atoms with Gasteiger partial charge in [-0.05, 0) is 48.9 Å². The summed E-state index contributed by atoms with van der Waals surface area (Å²) in [5, 5.41) is 2.94. The number of aromatic nitrogens is 1. The predicted octanol–water partition coefficient (Wildman–Crippen LogP) is 5.25. The third kappa shape index (κ3) is 4.66. The average molecular weight is 387 g/mol. The van der Waals surface area contributed by atoms with Gasteiger partial charge in [-0.3, -0.25) is 4.79 Å². The van der Waals surface area contributed by atoms with E-state index in [1.165, 1.54) is 0 Å². The summed E-state index contributed by atoms with van der Waals surface area (Å²) in [6, 6.07) is 4.97. The molecule has 0 spiro atoms. The van der Waals surface area contributed by atoms with E-state index < -0.39 is 11.6 Å². The van der Waals surface area contributed by atoms with Gasteiger partial charge in [0.2, 0.25) is 5.91 Å². The van der Waals surface area contributed by atoms with Crippen molar-refractivity contribution in [2.45, 2.75) is 40.0 Å². The van der Waals surface area contributed by atoms with Crippen LogP contribution in [0.1, 0.15) is 40.0 Å². The molecule has 1 fully saturated rings. The van der Waals surface area contributed by atoms with Crippen LogP contribution < -0.4 is 10.2 Å². The Balaban J connectivity index is 2.03. The normalized spacial score (nSPS) is 16.6. The van der Waals surface area contributed by atoms with Gasteiger partial charge < -0.3 is 10.2 Å². The van der Waals surface area contributed by atoms with Crippen LogP contribution in [0.25, 0.3) is 11.1 Å². The fraction of sp³-hybridized carbons (Fsp3) is 0.455. The molecule has 1 amide bonds. The number of carbonyl (C=O) groups is 1. The van der Waals surface area contributed by atoms with Gasteiger partial charge in [-0.2, -0.15) is 0 Å². The van der Waals surface area contributed by atoms with Crippen LogP contribution in [0.5, 0.6) is 0 Å². The quantitative estimate of drug-likeness (QED) is 0.736. The van der Waals surface area contributed by atoms with E-state index in [1.807, 2.05) is 0 Å². The molecule has 150 valence electrons. The molecule has 6 heteroatoms. The van der Waals surface area contributed by atoms with E-state index in [9.17, 15) is 13.6 Å². The largest absolute Gasteiger partial charge is 0.355 e. The summed E-state index contributed by atoms with van der Waals surface area (Å²) in [5.74, 6) is 0.323. The highest BCUT2D eigenvalue weighted by Crippen LogP contribution is 2.38. The molecule has 0 radical (unpaired) electrons. The van der Waals surface area contributed by atoms with Crippen LogP contribution in [0, 0.1) is 23.5 Å². The number of carbonyl (C=O) groups excluding carboxylic acids is 1. The van der Waals surface area contributed by atoms with Gasteiger partial charge in [0.25, 0.3) is 0 Å². The molecule has 1 N–H and O–H groups in total. The zero-order valence-corrected chi connectivity index (χ0v) is 16.6. The van der Waals surface area contributed by atoms with Crippen molar-refractivity contribution in [3.8, 4) is 11.1 Å². The van der Waals surface area contributed by atoms with Crippen molar-refractivity contribution in [3.63, 3.8) is 0 Å². The topological polar surface area (TPSA) is 45.2 Å². The van der Waals surface area contributed by atoms with E-state index in [0.29, 0.717) is 35.3 Å². The second kappa shape index (κ2) is 8.67. The molecule has 28 heavy (non-hydrogen) atoms. The minimum atomic E-state index is -0.536. The Labute approximate surface area is 165 Å². The van der Waals surface area contributed by atoms with E-state index in [1.54, 1.807) is 12.3 Å². The molecule has 1 aliphatic rings. The number of pyridine rings is 1. The number of hydrogen-bond acceptors (Lipinski definition) is 3. The van der Waals surface area contributed by atoms with E-state index in [-0.39, 0.29) is 11.5 Å². The Morgan fingerprint density at radius 1 is 1.29 bits per heavy atom. The van der Waals surface area contributed by atoms with Crippen LogP contribution in [0.2, 0.25) is 0 Å². The van der Waals surface area contributed by atoms with Gasteiger partial charge in [-0.25, -0.2) is 13.8 Å². The molecule has 1 aromatic heterocycles. The van der Waals surface area contributed by atoms with Crippen molar-refractivity contribution in [1.29, 1.82) is 0 Å². The first-order valence-electron chi connectivity index (χ1n) is 9.84. The maximum absolute atomic E-state index is 14.5. The van der Waals surface area contributed by atoms with Crippen molar-refractivity contribution in [3.05, 3.63) is 42.1 Å². The van der Waals surface area contributed by atoms with Crippen molar-refractivity contribution in [2.24, 2.45) is 11.8 Å². The number of benzene rings is 1. The number of rotatable bonds is 6. The van der Waals surface area contributed by atoms with Gasteiger partial charge >= 0.3 is 0 Å². The lowest BCUT2D eigenvalue weighted by Gasteiger charge is -2.23. The predicted molar refractivity (Wildman–Crippen MR) is 108 cm³/mol. The monoisotopic (exact) mass is 387 g/mol. The standard InChI is InChI=1S/C22H27F2N3O/c1-14(2)4-7-20(28)26-21-17(18-12-16(23)5-6-19(18)24)8-10-25-22(21)27-11-9-15(3)13-27/h5-6,8,10,12,14-15H,4,7,9,11,13H2,1-3H3,(H,26,28)/t15-/m0/s1. The second-order valence-electron chi connectivity index (χ2n) is 8.00. The summed E-state index contributed by atoms with van der Waals surface area (Å²) in [5.41, 5.74) is 1.02. The Hall–Kier alpha value is -2.50. The smallest absolute Gasteiger partial charge is 0.224 e. The summed E-state index contributed by atoms with van der Waals surface area (Å²) < 4.78 is 28.3. The van der Waals surface area contributed by atoms with Gasteiger partial charge in [0.1, 0.15) is 11.6 Å². The Morgan fingerprint density at radius 3 is 2.75 bits per heavy atom. The lowest BCUT2D eigenvalue weighted by Crippen LogP contribution is -2.24.